The molecule has 1 saturated carbocycles. The summed E-state index contributed by atoms with van der Waals surface area (Å²) in [6.45, 7) is 3.95. The molecule has 0 aliphatic heterocycles. The van der Waals surface area contributed by atoms with Crippen molar-refractivity contribution in [2.45, 2.75) is 51.4 Å². The van der Waals surface area contributed by atoms with Crippen molar-refractivity contribution in [3.8, 4) is 0 Å². The lowest BCUT2D eigenvalue weighted by molar-refractivity contribution is -0.151. The van der Waals surface area contributed by atoms with Crippen molar-refractivity contribution in [3.05, 3.63) is 35.9 Å². The fourth-order valence-corrected chi connectivity index (χ4v) is 3.15. The summed E-state index contributed by atoms with van der Waals surface area (Å²) in [6, 6.07) is 9.58. The van der Waals surface area contributed by atoms with E-state index in [2.05, 4.69) is 5.32 Å². The van der Waals surface area contributed by atoms with Crippen LogP contribution in [0, 0.1) is 5.41 Å². The lowest BCUT2D eigenvalue weighted by Gasteiger charge is -2.34. The van der Waals surface area contributed by atoms with E-state index >= 15 is 0 Å². The predicted octanol–water partition coefficient (Wildman–Crippen LogP) is 3.12. The first-order valence-corrected chi connectivity index (χ1v) is 7.96. The van der Waals surface area contributed by atoms with Crippen LogP contribution in [0.4, 0.5) is 0 Å². The Morgan fingerprint density at radius 2 is 1.73 bits per heavy atom. The molecular formula is C18H25NO3. The third kappa shape index (κ3) is 3.32. The Kier molecular flexibility index (Phi) is 4.89. The Labute approximate surface area is 131 Å². The van der Waals surface area contributed by atoms with Crippen LogP contribution in [0.25, 0.3) is 0 Å². The maximum Gasteiger partial charge on any atom is 0.311 e. The van der Waals surface area contributed by atoms with Crippen molar-refractivity contribution in [1.82, 2.24) is 5.32 Å². The average molecular weight is 303 g/mol. The van der Waals surface area contributed by atoms with Crippen LogP contribution in [0.15, 0.2) is 30.3 Å². The van der Waals surface area contributed by atoms with Crippen molar-refractivity contribution >= 4 is 11.9 Å². The van der Waals surface area contributed by atoms with Gasteiger partial charge in [-0.15, -0.1) is 0 Å². The average Bonchev–Trinajstić information content (AvgIpc) is 2.54. The summed E-state index contributed by atoms with van der Waals surface area (Å²) in [5, 5.41) is 12.5. The van der Waals surface area contributed by atoms with Gasteiger partial charge in [0, 0.05) is 6.54 Å². The van der Waals surface area contributed by atoms with Crippen LogP contribution in [-0.2, 0) is 15.0 Å². The summed E-state index contributed by atoms with van der Waals surface area (Å²) in [5.41, 5.74) is -0.531. The number of benzene rings is 1. The summed E-state index contributed by atoms with van der Waals surface area (Å²) < 4.78 is 0. The molecule has 1 aromatic carbocycles. The number of hydrogen-bond acceptors (Lipinski definition) is 2. The first-order chi connectivity index (χ1) is 10.4. The molecule has 4 nitrogen and oxygen atoms in total. The third-order valence-electron chi connectivity index (χ3n) is 4.91. The topological polar surface area (TPSA) is 66.4 Å². The highest BCUT2D eigenvalue weighted by Gasteiger charge is 2.41. The first-order valence-electron chi connectivity index (χ1n) is 7.96. The third-order valence-corrected chi connectivity index (χ3v) is 4.91. The summed E-state index contributed by atoms with van der Waals surface area (Å²) in [7, 11) is 0. The van der Waals surface area contributed by atoms with Gasteiger partial charge >= 0.3 is 5.97 Å². The summed E-state index contributed by atoms with van der Waals surface area (Å²) in [6.07, 6.45) is 4.22. The van der Waals surface area contributed by atoms with Crippen LogP contribution < -0.4 is 5.32 Å². The van der Waals surface area contributed by atoms with Crippen molar-refractivity contribution in [3.63, 3.8) is 0 Å². The molecule has 1 fully saturated rings. The van der Waals surface area contributed by atoms with Gasteiger partial charge in [0.05, 0.1) is 10.8 Å². The van der Waals surface area contributed by atoms with E-state index in [1.807, 2.05) is 44.2 Å². The molecule has 1 amide bonds. The summed E-state index contributed by atoms with van der Waals surface area (Å²) in [5.74, 6) is -0.907. The standard InChI is InChI=1S/C18H25NO3/c1-17(2,14-9-5-3-6-10-14)15(20)19-13-18(16(21)22)11-7-4-8-12-18/h3,5-6,9-10H,4,7-8,11-13H2,1-2H3,(H,19,20)(H,21,22). The van der Waals surface area contributed by atoms with E-state index < -0.39 is 16.8 Å². The van der Waals surface area contributed by atoms with Gasteiger partial charge in [0.2, 0.25) is 5.91 Å². The van der Waals surface area contributed by atoms with Crippen LogP contribution in [0.1, 0.15) is 51.5 Å². The SMILES string of the molecule is CC(C)(C(=O)NCC1(C(=O)O)CCCCC1)c1ccccc1. The van der Waals surface area contributed by atoms with Crippen LogP contribution in [-0.4, -0.2) is 23.5 Å². The molecule has 0 saturated heterocycles. The molecule has 0 heterocycles. The maximum absolute atomic E-state index is 12.6. The van der Waals surface area contributed by atoms with E-state index in [-0.39, 0.29) is 12.5 Å². The molecule has 2 rings (SSSR count). The van der Waals surface area contributed by atoms with Crippen LogP contribution >= 0.6 is 0 Å². The molecule has 120 valence electrons. The molecule has 0 spiro atoms. The van der Waals surface area contributed by atoms with Gasteiger partial charge in [0.25, 0.3) is 0 Å². The molecule has 1 aromatic rings. The summed E-state index contributed by atoms with van der Waals surface area (Å²) in [4.78, 5) is 24.2. The molecule has 4 heteroatoms. The fourth-order valence-electron chi connectivity index (χ4n) is 3.15. The van der Waals surface area contributed by atoms with Crippen LogP contribution in [0.5, 0.6) is 0 Å². The normalized spacial score (nSPS) is 17.7. The molecule has 0 bridgehead atoms. The molecule has 22 heavy (non-hydrogen) atoms. The molecular weight excluding hydrogens is 278 g/mol. The molecule has 2 N–H and O–H groups in total. The minimum atomic E-state index is -0.791. The summed E-state index contributed by atoms with van der Waals surface area (Å²) >= 11 is 0. The zero-order valence-electron chi connectivity index (χ0n) is 13.4. The maximum atomic E-state index is 12.6. The van der Waals surface area contributed by atoms with E-state index in [1.54, 1.807) is 0 Å². The number of nitrogens with one attached hydrogen (secondary N) is 1. The molecule has 0 radical (unpaired) electrons. The molecule has 1 aliphatic carbocycles. The number of carboxylic acids is 1. The number of hydrogen-bond donors (Lipinski definition) is 2. The Morgan fingerprint density at radius 3 is 2.27 bits per heavy atom. The number of carbonyl (C=O) groups is 2. The number of amides is 1. The smallest absolute Gasteiger partial charge is 0.311 e. The van der Waals surface area contributed by atoms with Gasteiger partial charge in [-0.25, -0.2) is 0 Å². The van der Waals surface area contributed by atoms with E-state index in [1.165, 1.54) is 0 Å². The Bertz CT molecular complexity index is 531. The Morgan fingerprint density at radius 1 is 1.14 bits per heavy atom. The quantitative estimate of drug-likeness (QED) is 0.878. The second-order valence-electron chi connectivity index (χ2n) is 6.82. The van der Waals surface area contributed by atoms with Crippen molar-refractivity contribution in [1.29, 1.82) is 0 Å². The lowest BCUT2D eigenvalue weighted by Crippen LogP contribution is -2.48. The number of aliphatic carboxylic acids is 1. The van der Waals surface area contributed by atoms with Gasteiger partial charge in [-0.3, -0.25) is 9.59 Å². The second kappa shape index (κ2) is 6.51. The zero-order valence-corrected chi connectivity index (χ0v) is 13.4. The molecule has 0 aromatic heterocycles. The van der Waals surface area contributed by atoms with E-state index in [9.17, 15) is 14.7 Å². The van der Waals surface area contributed by atoms with Crippen molar-refractivity contribution in [2.24, 2.45) is 5.41 Å². The van der Waals surface area contributed by atoms with Gasteiger partial charge in [0.15, 0.2) is 0 Å². The van der Waals surface area contributed by atoms with Gasteiger partial charge in [-0.1, -0.05) is 49.6 Å². The van der Waals surface area contributed by atoms with E-state index in [0.29, 0.717) is 12.8 Å². The number of carboxylic acid groups (broad SMARTS) is 1. The highest BCUT2D eigenvalue weighted by Crippen LogP contribution is 2.36. The van der Waals surface area contributed by atoms with Gasteiger partial charge in [-0.2, -0.15) is 0 Å². The Hall–Kier alpha value is -1.84. The van der Waals surface area contributed by atoms with Crippen LogP contribution in [0.2, 0.25) is 0 Å². The fraction of sp³-hybridized carbons (Fsp3) is 0.556. The van der Waals surface area contributed by atoms with E-state index in [4.69, 9.17) is 0 Å². The van der Waals surface area contributed by atoms with Gasteiger partial charge < -0.3 is 10.4 Å². The highest BCUT2D eigenvalue weighted by atomic mass is 16.4. The minimum absolute atomic E-state index is 0.120. The number of rotatable bonds is 5. The molecule has 1 aliphatic rings. The van der Waals surface area contributed by atoms with Crippen molar-refractivity contribution in [2.75, 3.05) is 6.54 Å². The zero-order chi connectivity index (χ0) is 16.2. The molecule has 0 atom stereocenters. The lowest BCUT2D eigenvalue weighted by atomic mass is 9.73. The van der Waals surface area contributed by atoms with Gasteiger partial charge in [-0.05, 0) is 32.3 Å². The second-order valence-corrected chi connectivity index (χ2v) is 6.82. The number of carbonyl (C=O) groups excluding carboxylic acids is 1. The Balaban J connectivity index is 2.06. The monoisotopic (exact) mass is 303 g/mol. The largest absolute Gasteiger partial charge is 0.481 e. The van der Waals surface area contributed by atoms with Crippen LogP contribution in [0.3, 0.4) is 0 Å². The minimum Gasteiger partial charge on any atom is -0.481 e. The van der Waals surface area contributed by atoms with Gasteiger partial charge in [0.1, 0.15) is 0 Å². The molecule has 0 unspecified atom stereocenters. The highest BCUT2D eigenvalue weighted by molar-refractivity contribution is 5.88. The van der Waals surface area contributed by atoms with Crippen molar-refractivity contribution < 1.29 is 14.7 Å². The predicted molar refractivity (Wildman–Crippen MR) is 85.6 cm³/mol. The first kappa shape index (κ1) is 16.5. The van der Waals surface area contributed by atoms with E-state index in [0.717, 1.165) is 24.8 Å².